The number of unbranched alkanes of at least 4 members (excludes halogenated alkanes) is 5. The largest absolute Gasteiger partial charge is 0.326 e. The van der Waals surface area contributed by atoms with E-state index in [2.05, 4.69) is 17.3 Å². The minimum atomic E-state index is -0.136. The molecule has 0 unspecified atom stereocenters. The van der Waals surface area contributed by atoms with Gasteiger partial charge in [-0.05, 0) is 56.5 Å². The molecule has 0 atom stereocenters. The van der Waals surface area contributed by atoms with Crippen LogP contribution in [0.2, 0.25) is 0 Å². The monoisotopic (exact) mass is 383 g/mol. The Morgan fingerprint density at radius 3 is 2.25 bits per heavy atom. The zero-order chi connectivity index (χ0) is 20.5. The van der Waals surface area contributed by atoms with E-state index in [0.29, 0.717) is 17.7 Å². The van der Waals surface area contributed by atoms with E-state index in [0.717, 1.165) is 24.2 Å². The first-order valence-corrected chi connectivity index (χ1v) is 10.5. The first-order valence-electron chi connectivity index (χ1n) is 10.5. The zero-order valence-electron chi connectivity index (χ0n) is 17.7. The van der Waals surface area contributed by atoms with E-state index in [1.165, 1.54) is 42.3 Å². The molecule has 1 aromatic carbocycles. The molecule has 28 heavy (non-hydrogen) atoms. The molecular weight excluding hydrogens is 350 g/mol. The molecule has 0 fully saturated rings. The van der Waals surface area contributed by atoms with Gasteiger partial charge in [0.25, 0.3) is 5.91 Å². The molecule has 1 aromatic heterocycles. The number of anilines is 1. The topological polar surface area (TPSA) is 64.0 Å². The summed E-state index contributed by atoms with van der Waals surface area (Å²) in [6, 6.07) is 6.97. The van der Waals surface area contributed by atoms with Crippen LogP contribution in [0.25, 0.3) is 0 Å². The maximum atomic E-state index is 12.9. The minimum Gasteiger partial charge on any atom is -0.326 e. The van der Waals surface area contributed by atoms with Crippen molar-refractivity contribution in [2.24, 2.45) is 0 Å². The maximum absolute atomic E-state index is 12.9. The van der Waals surface area contributed by atoms with Crippen LogP contribution in [0.3, 0.4) is 0 Å². The SMILES string of the molecule is CCCCCCCCc1c(C)nn(C(=O)c2ccc(NC(=O)CC)cc2)c1C. The van der Waals surface area contributed by atoms with Crippen molar-refractivity contribution in [1.82, 2.24) is 9.78 Å². The molecule has 0 saturated heterocycles. The van der Waals surface area contributed by atoms with E-state index in [1.807, 2.05) is 13.8 Å². The number of carbonyl (C=O) groups is 2. The molecule has 0 bridgehead atoms. The molecule has 1 heterocycles. The Hall–Kier alpha value is -2.43. The van der Waals surface area contributed by atoms with Crippen molar-refractivity contribution >= 4 is 17.5 Å². The van der Waals surface area contributed by atoms with Crippen molar-refractivity contribution < 1.29 is 9.59 Å². The van der Waals surface area contributed by atoms with Crippen LogP contribution in [0.15, 0.2) is 24.3 Å². The van der Waals surface area contributed by atoms with Gasteiger partial charge >= 0.3 is 0 Å². The van der Waals surface area contributed by atoms with Crippen LogP contribution in [0, 0.1) is 13.8 Å². The summed E-state index contributed by atoms with van der Waals surface area (Å²) in [6.07, 6.45) is 8.91. The van der Waals surface area contributed by atoms with Crippen LogP contribution in [0.4, 0.5) is 5.69 Å². The number of hydrogen-bond donors (Lipinski definition) is 1. The predicted molar refractivity (Wildman–Crippen MR) is 114 cm³/mol. The fourth-order valence-electron chi connectivity index (χ4n) is 3.38. The van der Waals surface area contributed by atoms with Crippen LogP contribution < -0.4 is 5.32 Å². The van der Waals surface area contributed by atoms with Gasteiger partial charge in [0.15, 0.2) is 0 Å². The van der Waals surface area contributed by atoms with Gasteiger partial charge in [-0.25, -0.2) is 4.68 Å². The van der Waals surface area contributed by atoms with Gasteiger partial charge in [0.1, 0.15) is 0 Å². The Morgan fingerprint density at radius 1 is 0.964 bits per heavy atom. The summed E-state index contributed by atoms with van der Waals surface area (Å²) >= 11 is 0. The number of nitrogens with one attached hydrogen (secondary N) is 1. The highest BCUT2D eigenvalue weighted by Gasteiger charge is 2.17. The lowest BCUT2D eigenvalue weighted by molar-refractivity contribution is -0.115. The highest BCUT2D eigenvalue weighted by molar-refractivity contribution is 5.97. The Balaban J connectivity index is 2.02. The Kier molecular flexibility index (Phi) is 8.42. The average molecular weight is 384 g/mol. The number of aryl methyl sites for hydroxylation is 1. The molecule has 0 aliphatic rings. The first-order chi connectivity index (χ1) is 13.5. The molecule has 2 rings (SSSR count). The van der Waals surface area contributed by atoms with Crippen molar-refractivity contribution in [3.8, 4) is 0 Å². The van der Waals surface area contributed by atoms with Crippen LogP contribution in [-0.2, 0) is 11.2 Å². The van der Waals surface area contributed by atoms with Gasteiger partial charge in [0, 0.05) is 23.4 Å². The van der Waals surface area contributed by atoms with Gasteiger partial charge in [-0.1, -0.05) is 46.0 Å². The smallest absolute Gasteiger partial charge is 0.278 e. The van der Waals surface area contributed by atoms with Crippen molar-refractivity contribution in [1.29, 1.82) is 0 Å². The molecule has 1 amide bonds. The second kappa shape index (κ2) is 10.8. The lowest BCUT2D eigenvalue weighted by Crippen LogP contribution is -2.16. The molecule has 1 N–H and O–H groups in total. The zero-order valence-corrected chi connectivity index (χ0v) is 17.7. The molecule has 0 aliphatic carbocycles. The summed E-state index contributed by atoms with van der Waals surface area (Å²) in [4.78, 5) is 24.4. The first kappa shape index (κ1) is 21.9. The molecule has 5 heteroatoms. The highest BCUT2D eigenvalue weighted by Crippen LogP contribution is 2.19. The highest BCUT2D eigenvalue weighted by atomic mass is 16.2. The van der Waals surface area contributed by atoms with E-state index in [-0.39, 0.29) is 11.8 Å². The summed E-state index contributed by atoms with van der Waals surface area (Å²) < 4.78 is 1.52. The van der Waals surface area contributed by atoms with Crippen molar-refractivity contribution in [3.05, 3.63) is 46.8 Å². The molecule has 0 aliphatic heterocycles. The number of amides is 1. The quantitative estimate of drug-likeness (QED) is 0.556. The Labute approximate surface area is 168 Å². The number of rotatable bonds is 10. The second-order valence-electron chi connectivity index (χ2n) is 7.36. The van der Waals surface area contributed by atoms with Crippen molar-refractivity contribution in [3.63, 3.8) is 0 Å². The summed E-state index contributed by atoms with van der Waals surface area (Å²) in [5.41, 5.74) is 4.31. The second-order valence-corrected chi connectivity index (χ2v) is 7.36. The van der Waals surface area contributed by atoms with E-state index in [9.17, 15) is 9.59 Å². The van der Waals surface area contributed by atoms with E-state index >= 15 is 0 Å². The fourth-order valence-corrected chi connectivity index (χ4v) is 3.38. The average Bonchev–Trinajstić information content (AvgIpc) is 2.98. The van der Waals surface area contributed by atoms with E-state index in [1.54, 1.807) is 31.2 Å². The number of benzene rings is 1. The summed E-state index contributed by atoms with van der Waals surface area (Å²) in [7, 11) is 0. The van der Waals surface area contributed by atoms with Gasteiger partial charge in [0.05, 0.1) is 5.69 Å². The lowest BCUT2D eigenvalue weighted by Gasteiger charge is -2.07. The van der Waals surface area contributed by atoms with Gasteiger partial charge in [0.2, 0.25) is 5.91 Å². The Morgan fingerprint density at radius 2 is 1.61 bits per heavy atom. The van der Waals surface area contributed by atoms with Gasteiger partial charge in [-0.3, -0.25) is 9.59 Å². The molecule has 0 spiro atoms. The fraction of sp³-hybridized carbons (Fsp3) is 0.522. The van der Waals surface area contributed by atoms with Gasteiger partial charge in [-0.15, -0.1) is 0 Å². The van der Waals surface area contributed by atoms with Crippen molar-refractivity contribution in [2.75, 3.05) is 5.32 Å². The van der Waals surface area contributed by atoms with Crippen LogP contribution in [-0.4, -0.2) is 21.6 Å². The minimum absolute atomic E-state index is 0.0445. The molecule has 5 nitrogen and oxygen atoms in total. The van der Waals surface area contributed by atoms with E-state index < -0.39 is 0 Å². The van der Waals surface area contributed by atoms with Crippen LogP contribution in [0.1, 0.15) is 86.1 Å². The van der Waals surface area contributed by atoms with E-state index in [4.69, 9.17) is 0 Å². The summed E-state index contributed by atoms with van der Waals surface area (Å²) in [5.74, 6) is -0.180. The third kappa shape index (κ3) is 5.78. The standard InChI is InChI=1S/C23H33N3O2/c1-5-7-8-9-10-11-12-21-17(3)25-26(18(21)4)23(28)19-13-15-20(16-14-19)24-22(27)6-2/h13-16H,5-12H2,1-4H3,(H,24,27). The number of aromatic nitrogens is 2. The summed E-state index contributed by atoms with van der Waals surface area (Å²) in [6.45, 7) is 7.98. The molecule has 0 saturated carbocycles. The third-order valence-corrected chi connectivity index (χ3v) is 5.15. The molecule has 2 aromatic rings. The number of carbonyl (C=O) groups excluding carboxylic acids is 2. The predicted octanol–water partition coefficient (Wildman–Crippen LogP) is 5.44. The normalized spacial score (nSPS) is 10.9. The Bertz CT molecular complexity index is 791. The molecule has 0 radical (unpaired) electrons. The maximum Gasteiger partial charge on any atom is 0.278 e. The van der Waals surface area contributed by atoms with Crippen LogP contribution in [0.5, 0.6) is 0 Å². The molecular formula is C23H33N3O2. The van der Waals surface area contributed by atoms with Gasteiger partial charge in [-0.2, -0.15) is 5.10 Å². The number of hydrogen-bond acceptors (Lipinski definition) is 3. The van der Waals surface area contributed by atoms with Gasteiger partial charge < -0.3 is 5.32 Å². The lowest BCUT2D eigenvalue weighted by atomic mass is 10.0. The summed E-state index contributed by atoms with van der Waals surface area (Å²) in [5, 5.41) is 7.29. The molecule has 152 valence electrons. The third-order valence-electron chi connectivity index (χ3n) is 5.15. The van der Waals surface area contributed by atoms with Crippen molar-refractivity contribution in [2.45, 2.75) is 79.1 Å². The van der Waals surface area contributed by atoms with Crippen LogP contribution >= 0.6 is 0 Å². The number of nitrogens with zero attached hydrogens (tertiary/aromatic N) is 2.